The molecular formula is C32H42FN3O4. The van der Waals surface area contributed by atoms with Crippen LogP contribution < -0.4 is 4.74 Å². The second kappa shape index (κ2) is 11.1. The number of nitrogens with zero attached hydrogens (tertiary/aromatic N) is 3. The third-order valence-electron chi connectivity index (χ3n) is 8.19. The van der Waals surface area contributed by atoms with E-state index in [0.717, 1.165) is 71.5 Å². The van der Waals surface area contributed by atoms with Crippen molar-refractivity contribution in [2.75, 3.05) is 26.8 Å². The van der Waals surface area contributed by atoms with Crippen LogP contribution >= 0.6 is 0 Å². The van der Waals surface area contributed by atoms with Crippen molar-refractivity contribution in [3.63, 3.8) is 0 Å². The van der Waals surface area contributed by atoms with Crippen LogP contribution in [-0.4, -0.2) is 52.8 Å². The number of aromatic nitrogens is 2. The molecule has 2 aliphatic rings. The number of hydrogen-bond donors (Lipinski definition) is 0. The molecule has 0 N–H and O–H groups in total. The molecule has 0 aliphatic carbocycles. The molecule has 1 fully saturated rings. The van der Waals surface area contributed by atoms with E-state index in [4.69, 9.17) is 19.2 Å². The molecular weight excluding hydrogens is 509 g/mol. The SMILES string of the molecule is COC(=O)C(OC(C)(C)C)c1c(C)nc2c(cc(CN3CCCCC3)n2C)c1-c1cc(F)c2c(c1C)CCCO2. The molecule has 1 atom stereocenters. The second-order valence-corrected chi connectivity index (χ2v) is 12.2. The molecule has 1 saturated heterocycles. The molecule has 216 valence electrons. The van der Waals surface area contributed by atoms with Crippen LogP contribution in [0, 0.1) is 19.7 Å². The Morgan fingerprint density at radius 2 is 1.88 bits per heavy atom. The Balaban J connectivity index is 1.81. The molecule has 1 unspecified atom stereocenters. The van der Waals surface area contributed by atoms with Gasteiger partial charge in [-0.05, 0) is 96.7 Å². The number of rotatable bonds is 6. The summed E-state index contributed by atoms with van der Waals surface area (Å²) >= 11 is 0. The predicted molar refractivity (Wildman–Crippen MR) is 154 cm³/mol. The summed E-state index contributed by atoms with van der Waals surface area (Å²) in [6, 6.07) is 3.72. The molecule has 0 radical (unpaired) electrons. The Morgan fingerprint density at radius 1 is 1.15 bits per heavy atom. The molecule has 4 heterocycles. The summed E-state index contributed by atoms with van der Waals surface area (Å²) in [4.78, 5) is 20.8. The summed E-state index contributed by atoms with van der Waals surface area (Å²) in [5.74, 6) is -0.561. The van der Waals surface area contributed by atoms with Gasteiger partial charge in [0.15, 0.2) is 17.7 Å². The number of fused-ring (bicyclic) bond motifs is 2. The van der Waals surface area contributed by atoms with Crippen molar-refractivity contribution < 1.29 is 23.4 Å². The van der Waals surface area contributed by atoms with Crippen molar-refractivity contribution in [3.8, 4) is 16.9 Å². The number of carbonyl (C=O) groups is 1. The molecule has 0 bridgehead atoms. The third kappa shape index (κ3) is 5.36. The average Bonchev–Trinajstić information content (AvgIpc) is 3.23. The topological polar surface area (TPSA) is 65.8 Å². The molecule has 5 rings (SSSR count). The molecule has 8 heteroatoms. The summed E-state index contributed by atoms with van der Waals surface area (Å²) < 4.78 is 35.1. The zero-order chi connectivity index (χ0) is 28.8. The van der Waals surface area contributed by atoms with Crippen molar-refractivity contribution in [2.45, 2.75) is 85.0 Å². The number of carbonyl (C=O) groups excluding carboxylic acids is 1. The lowest BCUT2D eigenvalue weighted by Gasteiger charge is -2.29. The van der Waals surface area contributed by atoms with Gasteiger partial charge < -0.3 is 18.8 Å². The Morgan fingerprint density at radius 3 is 2.55 bits per heavy atom. The van der Waals surface area contributed by atoms with Crippen LogP contribution in [0.5, 0.6) is 5.75 Å². The van der Waals surface area contributed by atoms with Gasteiger partial charge in [-0.1, -0.05) is 6.42 Å². The number of pyridine rings is 1. The van der Waals surface area contributed by atoms with Gasteiger partial charge in [-0.2, -0.15) is 0 Å². The Labute approximate surface area is 236 Å². The van der Waals surface area contributed by atoms with Gasteiger partial charge in [0.05, 0.1) is 19.3 Å². The van der Waals surface area contributed by atoms with Crippen LogP contribution in [0.3, 0.4) is 0 Å². The standard InChI is InChI=1S/C32H42FN3O4/c1-19-22-12-11-15-39-28(22)25(33)17-23(19)27-24-16-21(18-36-13-9-8-10-14-36)35(6)30(24)34-20(2)26(27)29(31(37)38-7)40-32(3,4)5/h16-17,29H,8-15,18H2,1-7H3. The van der Waals surface area contributed by atoms with Gasteiger partial charge in [0.1, 0.15) is 5.65 Å². The fourth-order valence-corrected chi connectivity index (χ4v) is 6.22. The van der Waals surface area contributed by atoms with E-state index in [0.29, 0.717) is 23.6 Å². The third-order valence-corrected chi connectivity index (χ3v) is 8.19. The minimum absolute atomic E-state index is 0.338. The lowest BCUT2D eigenvalue weighted by Crippen LogP contribution is -2.29. The molecule has 40 heavy (non-hydrogen) atoms. The predicted octanol–water partition coefficient (Wildman–Crippen LogP) is 6.34. The lowest BCUT2D eigenvalue weighted by atomic mass is 9.86. The van der Waals surface area contributed by atoms with Crippen LogP contribution in [0.25, 0.3) is 22.2 Å². The first-order chi connectivity index (χ1) is 19.0. The lowest BCUT2D eigenvalue weighted by molar-refractivity contribution is -0.164. The Kier molecular flexibility index (Phi) is 7.94. The first-order valence-electron chi connectivity index (χ1n) is 14.4. The minimum Gasteiger partial charge on any atom is -0.490 e. The zero-order valence-electron chi connectivity index (χ0n) is 24.9. The van der Waals surface area contributed by atoms with Gasteiger partial charge in [-0.15, -0.1) is 0 Å². The number of ether oxygens (including phenoxy) is 3. The van der Waals surface area contributed by atoms with Crippen molar-refractivity contribution in [3.05, 3.63) is 46.0 Å². The van der Waals surface area contributed by atoms with E-state index in [1.807, 2.05) is 41.7 Å². The van der Waals surface area contributed by atoms with Gasteiger partial charge >= 0.3 is 5.97 Å². The molecule has 7 nitrogen and oxygen atoms in total. The van der Waals surface area contributed by atoms with Crippen LogP contribution in [0.2, 0.25) is 0 Å². The minimum atomic E-state index is -1.03. The molecule has 3 aromatic rings. The first kappa shape index (κ1) is 28.6. The van der Waals surface area contributed by atoms with Crippen molar-refractivity contribution in [1.82, 2.24) is 14.5 Å². The first-order valence-corrected chi connectivity index (χ1v) is 14.4. The van der Waals surface area contributed by atoms with Gasteiger partial charge in [0, 0.05) is 47.1 Å². The van der Waals surface area contributed by atoms with E-state index < -0.39 is 17.7 Å². The van der Waals surface area contributed by atoms with Gasteiger partial charge in [-0.3, -0.25) is 4.90 Å². The van der Waals surface area contributed by atoms with Gasteiger partial charge in [0.25, 0.3) is 0 Å². The summed E-state index contributed by atoms with van der Waals surface area (Å²) in [6.45, 7) is 13.1. The van der Waals surface area contributed by atoms with Gasteiger partial charge in [0.2, 0.25) is 0 Å². The maximum Gasteiger partial charge on any atom is 0.339 e. The maximum atomic E-state index is 15.6. The fraction of sp³-hybridized carbons (Fsp3) is 0.562. The van der Waals surface area contributed by atoms with E-state index in [1.165, 1.54) is 26.4 Å². The highest BCUT2D eigenvalue weighted by Crippen LogP contribution is 2.45. The second-order valence-electron chi connectivity index (χ2n) is 12.2. The van der Waals surface area contributed by atoms with Crippen LogP contribution in [0.1, 0.15) is 80.6 Å². The number of methoxy groups -OCH3 is 1. The van der Waals surface area contributed by atoms with Crippen LogP contribution in [0.15, 0.2) is 12.1 Å². The largest absolute Gasteiger partial charge is 0.490 e. The molecule has 0 amide bonds. The average molecular weight is 552 g/mol. The molecule has 2 aromatic heterocycles. The number of piperidine rings is 1. The summed E-state index contributed by atoms with van der Waals surface area (Å²) in [7, 11) is 3.40. The summed E-state index contributed by atoms with van der Waals surface area (Å²) in [6.07, 6.45) is 4.22. The number of benzene rings is 1. The number of hydrogen-bond acceptors (Lipinski definition) is 6. The molecule has 0 saturated carbocycles. The molecule has 1 aromatic carbocycles. The normalized spacial score (nSPS) is 17.0. The van der Waals surface area contributed by atoms with E-state index in [9.17, 15) is 4.79 Å². The highest BCUT2D eigenvalue weighted by atomic mass is 19.1. The summed E-state index contributed by atoms with van der Waals surface area (Å²) in [5, 5.41) is 0.876. The van der Waals surface area contributed by atoms with Crippen LogP contribution in [0.4, 0.5) is 4.39 Å². The zero-order valence-corrected chi connectivity index (χ0v) is 24.9. The number of likely N-dealkylation sites (tertiary alicyclic amines) is 1. The van der Waals surface area contributed by atoms with E-state index in [1.54, 1.807) is 6.07 Å². The Hall–Kier alpha value is -2.97. The number of esters is 1. The summed E-state index contributed by atoms with van der Waals surface area (Å²) in [5.41, 5.74) is 5.89. The highest BCUT2D eigenvalue weighted by Gasteiger charge is 2.35. The van der Waals surface area contributed by atoms with Crippen molar-refractivity contribution >= 4 is 17.0 Å². The van der Waals surface area contributed by atoms with Gasteiger partial charge in [-0.25, -0.2) is 14.2 Å². The van der Waals surface area contributed by atoms with E-state index in [2.05, 4.69) is 15.5 Å². The van der Waals surface area contributed by atoms with Crippen molar-refractivity contribution in [2.24, 2.45) is 7.05 Å². The molecule has 2 aliphatic heterocycles. The maximum absolute atomic E-state index is 15.6. The smallest absolute Gasteiger partial charge is 0.339 e. The highest BCUT2D eigenvalue weighted by molar-refractivity contribution is 5.99. The monoisotopic (exact) mass is 551 g/mol. The van der Waals surface area contributed by atoms with E-state index in [-0.39, 0.29) is 5.82 Å². The van der Waals surface area contributed by atoms with Crippen LogP contribution in [-0.2, 0) is 34.3 Å². The number of aryl methyl sites for hydroxylation is 2. The Bertz CT molecular complexity index is 1430. The van der Waals surface area contributed by atoms with Crippen molar-refractivity contribution in [1.29, 1.82) is 0 Å². The number of halogens is 1. The van der Waals surface area contributed by atoms with E-state index >= 15 is 4.39 Å². The quantitative estimate of drug-likeness (QED) is 0.333. The molecule has 0 spiro atoms. The fourth-order valence-electron chi connectivity index (χ4n) is 6.22.